The second kappa shape index (κ2) is 12.4. The highest BCUT2D eigenvalue weighted by atomic mass is 35.5. The van der Waals surface area contributed by atoms with Gasteiger partial charge in [0.2, 0.25) is 5.60 Å². The van der Waals surface area contributed by atoms with Gasteiger partial charge in [0.05, 0.1) is 33.5 Å². The smallest absolute Gasteiger partial charge is 0.342 e. The summed E-state index contributed by atoms with van der Waals surface area (Å²) in [5, 5.41) is 38.4. The number of halogens is 1. The van der Waals surface area contributed by atoms with E-state index in [1.54, 1.807) is 7.11 Å². The van der Waals surface area contributed by atoms with E-state index in [9.17, 15) is 20.1 Å². The van der Waals surface area contributed by atoms with E-state index in [1.807, 2.05) is 43.1 Å². The number of rotatable bonds is 5. The zero-order chi connectivity index (χ0) is 39.0. The Morgan fingerprint density at radius 1 is 1.00 bits per heavy atom. The molecular formula is C42H51ClN4O8. The number of aliphatic hydroxyl groups excluding tert-OH is 2. The second-order valence-electron chi connectivity index (χ2n) is 17.1. The average molecular weight is 775 g/mol. The third-order valence-electron chi connectivity index (χ3n) is 14.8. The molecule has 10 atom stereocenters. The number of nitrogens with one attached hydrogen (secondary N) is 1. The Balaban J connectivity index is 1.38. The number of aromatic nitrogens is 1. The number of hydrogen-bond acceptors (Lipinski definition) is 11. The van der Waals surface area contributed by atoms with Gasteiger partial charge in [-0.25, -0.2) is 4.79 Å². The number of fused-ring (bicyclic) bond motifs is 6. The second-order valence-corrected chi connectivity index (χ2v) is 17.5. The number of benzene rings is 2. The van der Waals surface area contributed by atoms with Crippen molar-refractivity contribution in [2.45, 2.75) is 86.8 Å². The summed E-state index contributed by atoms with van der Waals surface area (Å²) in [6.07, 6.45) is -0.886. The van der Waals surface area contributed by atoms with Crippen molar-refractivity contribution in [3.8, 4) is 5.75 Å². The molecule has 1 aromatic heterocycles. The van der Waals surface area contributed by atoms with Crippen molar-refractivity contribution in [1.82, 2.24) is 14.8 Å². The van der Waals surface area contributed by atoms with Crippen LogP contribution in [0.4, 0.5) is 5.69 Å². The monoisotopic (exact) mass is 774 g/mol. The molecule has 5 aliphatic heterocycles. The van der Waals surface area contributed by atoms with Crippen molar-refractivity contribution < 1.29 is 39.1 Å². The largest absolute Gasteiger partial charge is 0.496 e. The number of anilines is 1. The molecule has 12 nitrogen and oxygen atoms in total. The highest BCUT2D eigenvalue weighted by molar-refractivity contribution is 6.30. The highest BCUT2D eigenvalue weighted by Gasteiger charge is 2.80. The van der Waals surface area contributed by atoms with Crippen molar-refractivity contribution in [2.24, 2.45) is 11.3 Å². The first kappa shape index (κ1) is 37.0. The summed E-state index contributed by atoms with van der Waals surface area (Å²) >= 11 is 7.19. The van der Waals surface area contributed by atoms with Crippen LogP contribution in [0.25, 0.3) is 10.9 Å². The van der Waals surface area contributed by atoms with Gasteiger partial charge < -0.3 is 39.4 Å². The number of nitrogens with zero attached hydrogens (tertiary/aromatic N) is 3. The molecule has 9 rings (SSSR count). The standard InChI is InChI=1S/C42H51ClN4O8/c1-7-39-17-24(48)20-47-13-12-40(34(39)47)27-14-28(31(53-4)15-30(27)45(3)35(40)42(52,36(39)49)38(51)55-6)41(37(50)54-5)16-23-19-46(18-22(2)32(23)43)21-26-25-10-8-9-11-29(25)44-33(26)41/h8-11,14-15,23-24,34-36,44,48-49,52H,7,12-13,16-21H2,1-6H3/t23?,24?,34-,35-,36-,39-,40-,41+,42+/m1/s1. The number of methoxy groups -OCH3 is 3. The first-order chi connectivity index (χ1) is 26.3. The fourth-order valence-corrected chi connectivity index (χ4v) is 13.1. The summed E-state index contributed by atoms with van der Waals surface area (Å²) in [5.74, 6) is -1.14. The molecule has 6 heterocycles. The number of hydrogen-bond donors (Lipinski definition) is 4. The van der Waals surface area contributed by atoms with Gasteiger partial charge >= 0.3 is 11.9 Å². The number of para-hydroxylation sites is 1. The Bertz CT molecular complexity index is 2160. The maximum atomic E-state index is 15.1. The van der Waals surface area contributed by atoms with Crippen LogP contribution in [0.1, 0.15) is 61.9 Å². The summed E-state index contributed by atoms with van der Waals surface area (Å²) < 4.78 is 17.5. The zero-order valence-corrected chi connectivity index (χ0v) is 33.1. The lowest BCUT2D eigenvalue weighted by Crippen LogP contribution is -2.82. The van der Waals surface area contributed by atoms with Gasteiger partial charge in [-0.15, -0.1) is 0 Å². The fraction of sp³-hybridized carbons (Fsp3) is 0.571. The van der Waals surface area contributed by atoms with E-state index in [4.69, 9.17) is 25.8 Å². The molecule has 55 heavy (non-hydrogen) atoms. The first-order valence-electron chi connectivity index (χ1n) is 19.4. The Kier molecular flexibility index (Phi) is 8.35. The van der Waals surface area contributed by atoms with Crippen molar-refractivity contribution in [3.05, 3.63) is 69.4 Å². The van der Waals surface area contributed by atoms with Crippen LogP contribution >= 0.6 is 11.6 Å². The van der Waals surface area contributed by atoms with Crippen molar-refractivity contribution in [3.63, 3.8) is 0 Å². The van der Waals surface area contributed by atoms with E-state index in [0.29, 0.717) is 56.8 Å². The van der Waals surface area contributed by atoms with Gasteiger partial charge in [-0.2, -0.15) is 0 Å². The number of esters is 2. The minimum absolute atomic E-state index is 0.203. The average Bonchev–Trinajstić information content (AvgIpc) is 3.82. The lowest BCUT2D eigenvalue weighted by Gasteiger charge is -2.65. The van der Waals surface area contributed by atoms with Crippen LogP contribution in [-0.4, -0.2) is 126 Å². The summed E-state index contributed by atoms with van der Waals surface area (Å²) in [7, 11) is 6.06. The van der Waals surface area contributed by atoms with Crippen LogP contribution in [0.2, 0.25) is 0 Å². The summed E-state index contributed by atoms with van der Waals surface area (Å²) in [6, 6.07) is 10.8. The number of aliphatic hydroxyl groups is 3. The fourth-order valence-electron chi connectivity index (χ4n) is 12.9. The van der Waals surface area contributed by atoms with Gasteiger partial charge in [0.1, 0.15) is 17.3 Å². The van der Waals surface area contributed by atoms with E-state index >= 15 is 4.79 Å². The van der Waals surface area contributed by atoms with Crippen LogP contribution in [0, 0.1) is 11.3 Å². The molecule has 3 unspecified atom stereocenters. The zero-order valence-electron chi connectivity index (χ0n) is 32.3. The van der Waals surface area contributed by atoms with Crippen LogP contribution in [0.15, 0.2) is 47.0 Å². The summed E-state index contributed by atoms with van der Waals surface area (Å²) in [6.45, 7) is 6.94. The topological polar surface area (TPSA) is 148 Å². The molecule has 0 amide bonds. The molecule has 1 saturated carbocycles. The van der Waals surface area contributed by atoms with E-state index in [2.05, 4.69) is 33.8 Å². The number of aromatic amines is 1. The number of H-pyrrole nitrogens is 1. The number of carbonyl (C=O) groups is 2. The first-order valence-corrected chi connectivity index (χ1v) is 19.8. The number of piperidine rings is 1. The molecule has 2 aromatic carbocycles. The Hall–Kier alpha value is -3.65. The van der Waals surface area contributed by atoms with Crippen LogP contribution in [-0.2, 0) is 36.4 Å². The third-order valence-corrected chi connectivity index (χ3v) is 15.4. The quantitative estimate of drug-likeness (QED) is 0.282. The van der Waals surface area contributed by atoms with E-state index in [-0.39, 0.29) is 18.4 Å². The Morgan fingerprint density at radius 3 is 2.45 bits per heavy atom. The number of likely N-dealkylation sites (N-methyl/N-ethyl adjacent to an activating group) is 1. The highest BCUT2D eigenvalue weighted by Crippen LogP contribution is 2.68. The van der Waals surface area contributed by atoms with Gasteiger partial charge in [0.15, 0.2) is 0 Å². The number of ether oxygens (including phenoxy) is 3. The SMILES string of the molecule is CC[C@]12CC(O)CN3CC[C@@]4(c5cc([C@@]6(C(=O)OC)CC7CN(CC(C)=C7Cl)Cc7c6[nH]c6ccccc76)c(OC)cc5N(C)[C@H]4[C@@](O)(C(=O)OC)[C@@H]1O)[C@H]32. The molecular weight excluding hydrogens is 724 g/mol. The summed E-state index contributed by atoms with van der Waals surface area (Å²) in [5.41, 5.74) is 0.0670. The van der Waals surface area contributed by atoms with Gasteiger partial charge in [-0.3, -0.25) is 14.6 Å². The van der Waals surface area contributed by atoms with Crippen molar-refractivity contribution in [2.75, 3.05) is 59.5 Å². The van der Waals surface area contributed by atoms with Crippen LogP contribution in [0.3, 0.4) is 0 Å². The molecule has 2 saturated heterocycles. The van der Waals surface area contributed by atoms with Gasteiger partial charge in [0.25, 0.3) is 0 Å². The molecule has 0 radical (unpaired) electrons. The lowest BCUT2D eigenvalue weighted by molar-refractivity contribution is -0.241. The van der Waals surface area contributed by atoms with Crippen LogP contribution < -0.4 is 9.64 Å². The van der Waals surface area contributed by atoms with Crippen LogP contribution in [0.5, 0.6) is 5.75 Å². The molecule has 4 N–H and O–H groups in total. The maximum Gasteiger partial charge on any atom is 0.342 e. The van der Waals surface area contributed by atoms with Gasteiger partial charge in [-0.05, 0) is 68.0 Å². The van der Waals surface area contributed by atoms with Crippen molar-refractivity contribution >= 4 is 40.1 Å². The molecule has 294 valence electrons. The summed E-state index contributed by atoms with van der Waals surface area (Å²) in [4.78, 5) is 39.4. The molecule has 2 bridgehead atoms. The third kappa shape index (κ3) is 4.47. The Labute approximate surface area is 326 Å². The molecule has 1 spiro atoms. The van der Waals surface area contributed by atoms with Gasteiger partial charge in [0, 0.05) is 95.0 Å². The minimum atomic E-state index is -2.36. The van der Waals surface area contributed by atoms with Crippen molar-refractivity contribution in [1.29, 1.82) is 0 Å². The molecule has 6 aliphatic rings. The van der Waals surface area contributed by atoms with E-state index < -0.39 is 52.0 Å². The Morgan fingerprint density at radius 2 is 1.75 bits per heavy atom. The van der Waals surface area contributed by atoms with Gasteiger partial charge in [-0.1, -0.05) is 36.7 Å². The lowest BCUT2D eigenvalue weighted by atomic mass is 9.46. The number of carbonyl (C=O) groups excluding carboxylic acids is 2. The molecule has 3 fully saturated rings. The molecule has 3 aromatic rings. The predicted molar refractivity (Wildman–Crippen MR) is 206 cm³/mol. The minimum Gasteiger partial charge on any atom is -0.496 e. The molecule has 13 heteroatoms. The van der Waals surface area contributed by atoms with E-state index in [1.165, 1.54) is 14.2 Å². The maximum absolute atomic E-state index is 15.1. The predicted octanol–water partition coefficient (Wildman–Crippen LogP) is 3.55. The normalized spacial score (nSPS) is 37.7. The molecule has 1 aliphatic carbocycles. The van der Waals surface area contributed by atoms with E-state index in [0.717, 1.165) is 50.6 Å².